The van der Waals surface area contributed by atoms with Gasteiger partial charge in [0.05, 0.1) is 23.7 Å². The molecule has 2 aromatic carbocycles. The maximum atomic E-state index is 13.7. The van der Waals surface area contributed by atoms with E-state index in [1.54, 1.807) is 4.57 Å². The standard InChI is InChI=1S/C25H24FN3O3S3/c1-5-32-18-9-7-6-8-17(18)29-21-20(35-24(29)33)22(31)28(16-12-10-15(26)11-13-16)23(27-21)34-14-19(30)25(2,3)4/h6-13H,5,14H2,1-4H3. The molecule has 4 aromatic rings. The molecular weight excluding hydrogens is 505 g/mol. The lowest BCUT2D eigenvalue weighted by atomic mass is 9.92. The Labute approximate surface area is 215 Å². The molecule has 0 aliphatic heterocycles. The van der Waals surface area contributed by atoms with Crippen LogP contribution in [-0.2, 0) is 4.79 Å². The number of carbonyl (C=O) groups is 1. The number of Topliss-reactive ketones (excluding diaryl/α,β-unsaturated/α-hetero) is 1. The molecule has 4 rings (SSSR count). The number of carbonyl (C=O) groups excluding carboxylic acids is 1. The zero-order valence-corrected chi connectivity index (χ0v) is 22.2. The summed E-state index contributed by atoms with van der Waals surface area (Å²) in [6, 6.07) is 13.0. The van der Waals surface area contributed by atoms with Crippen LogP contribution in [0.15, 0.2) is 58.5 Å². The van der Waals surface area contributed by atoms with E-state index < -0.39 is 11.2 Å². The van der Waals surface area contributed by atoms with Gasteiger partial charge in [-0.2, -0.15) is 0 Å². The molecule has 0 unspecified atom stereocenters. The fraction of sp³-hybridized carbons (Fsp3) is 0.280. The third-order valence-corrected chi connectivity index (χ3v) is 7.53. The molecule has 6 nitrogen and oxygen atoms in total. The highest BCUT2D eigenvalue weighted by atomic mass is 32.2. The third-order valence-electron chi connectivity index (χ3n) is 5.24. The second-order valence-corrected chi connectivity index (χ2v) is 11.3. The molecule has 2 heterocycles. The lowest BCUT2D eigenvalue weighted by Gasteiger charge is -2.17. The number of nitrogens with zero attached hydrogens (tertiary/aromatic N) is 3. The largest absolute Gasteiger partial charge is 0.492 e. The summed E-state index contributed by atoms with van der Waals surface area (Å²) in [4.78, 5) is 31.2. The lowest BCUT2D eigenvalue weighted by Crippen LogP contribution is -2.24. The maximum absolute atomic E-state index is 13.7. The quantitative estimate of drug-likeness (QED) is 0.161. The van der Waals surface area contributed by atoms with Crippen molar-refractivity contribution in [1.29, 1.82) is 0 Å². The number of benzene rings is 2. The van der Waals surface area contributed by atoms with Gasteiger partial charge in [-0.05, 0) is 55.5 Å². The van der Waals surface area contributed by atoms with Gasteiger partial charge in [-0.1, -0.05) is 56.0 Å². The number of hydrogen-bond acceptors (Lipinski definition) is 7. The van der Waals surface area contributed by atoms with Crippen molar-refractivity contribution in [2.75, 3.05) is 12.4 Å². The van der Waals surface area contributed by atoms with E-state index in [1.165, 1.54) is 40.6 Å². The average Bonchev–Trinajstić information content (AvgIpc) is 3.14. The maximum Gasteiger partial charge on any atom is 0.278 e. The van der Waals surface area contributed by atoms with Crippen molar-refractivity contribution < 1.29 is 13.9 Å². The first-order chi connectivity index (χ1) is 16.6. The second-order valence-electron chi connectivity index (χ2n) is 8.73. The summed E-state index contributed by atoms with van der Waals surface area (Å²) in [5.41, 5.74) is 0.651. The van der Waals surface area contributed by atoms with E-state index >= 15 is 0 Å². The van der Waals surface area contributed by atoms with Crippen LogP contribution in [0.25, 0.3) is 21.7 Å². The first-order valence-corrected chi connectivity index (χ1v) is 13.2. The molecule has 0 fully saturated rings. The number of thioether (sulfide) groups is 1. The van der Waals surface area contributed by atoms with Gasteiger partial charge in [0.2, 0.25) is 0 Å². The van der Waals surface area contributed by atoms with Crippen molar-refractivity contribution in [2.24, 2.45) is 5.41 Å². The van der Waals surface area contributed by atoms with Gasteiger partial charge in [-0.25, -0.2) is 9.37 Å². The van der Waals surface area contributed by atoms with E-state index in [0.29, 0.717) is 43.2 Å². The van der Waals surface area contributed by atoms with Crippen LogP contribution in [0.1, 0.15) is 27.7 Å². The molecule has 0 radical (unpaired) electrons. The Kier molecular flexibility index (Phi) is 7.25. The van der Waals surface area contributed by atoms with Gasteiger partial charge in [-0.3, -0.25) is 18.7 Å². The fourth-order valence-electron chi connectivity index (χ4n) is 3.33. The van der Waals surface area contributed by atoms with Crippen LogP contribution in [0.3, 0.4) is 0 Å². The lowest BCUT2D eigenvalue weighted by molar-refractivity contribution is -0.123. The molecule has 0 bridgehead atoms. The predicted molar refractivity (Wildman–Crippen MR) is 142 cm³/mol. The zero-order valence-electron chi connectivity index (χ0n) is 19.7. The van der Waals surface area contributed by atoms with Gasteiger partial charge in [0.25, 0.3) is 5.56 Å². The van der Waals surface area contributed by atoms with Crippen molar-refractivity contribution >= 4 is 51.4 Å². The second kappa shape index (κ2) is 10.0. The minimum Gasteiger partial charge on any atom is -0.492 e. The summed E-state index contributed by atoms with van der Waals surface area (Å²) in [6.45, 7) is 7.90. The highest BCUT2D eigenvalue weighted by molar-refractivity contribution is 7.99. The van der Waals surface area contributed by atoms with Gasteiger partial charge in [0.1, 0.15) is 22.0 Å². The molecule has 0 spiro atoms. The molecule has 35 heavy (non-hydrogen) atoms. The summed E-state index contributed by atoms with van der Waals surface area (Å²) in [5, 5.41) is 0.321. The number of para-hydroxylation sites is 2. The Bertz CT molecular complexity index is 1520. The molecule has 0 aliphatic rings. The first-order valence-electron chi connectivity index (χ1n) is 10.9. The van der Waals surface area contributed by atoms with Crippen molar-refractivity contribution in [3.8, 4) is 17.1 Å². The fourth-order valence-corrected chi connectivity index (χ4v) is 5.78. The molecule has 0 N–H and O–H groups in total. The van der Waals surface area contributed by atoms with Crippen molar-refractivity contribution in [2.45, 2.75) is 32.9 Å². The van der Waals surface area contributed by atoms with E-state index in [-0.39, 0.29) is 17.1 Å². The number of rotatable bonds is 7. The van der Waals surface area contributed by atoms with Gasteiger partial charge >= 0.3 is 0 Å². The van der Waals surface area contributed by atoms with Gasteiger partial charge < -0.3 is 4.74 Å². The highest BCUT2D eigenvalue weighted by Crippen LogP contribution is 2.32. The number of thiazole rings is 1. The first kappa shape index (κ1) is 25.3. The molecule has 0 amide bonds. The van der Waals surface area contributed by atoms with Crippen molar-refractivity contribution in [3.05, 3.63) is 68.7 Å². The molecule has 0 aliphatic carbocycles. The minimum absolute atomic E-state index is 0.0198. The zero-order chi connectivity index (χ0) is 25.3. The smallest absolute Gasteiger partial charge is 0.278 e. The van der Waals surface area contributed by atoms with Gasteiger partial charge in [0.15, 0.2) is 14.8 Å². The van der Waals surface area contributed by atoms with E-state index in [0.717, 1.165) is 11.3 Å². The normalized spacial score (nSPS) is 11.7. The molecule has 0 saturated heterocycles. The van der Waals surface area contributed by atoms with Crippen LogP contribution in [0.4, 0.5) is 4.39 Å². The number of halogens is 1. The highest BCUT2D eigenvalue weighted by Gasteiger charge is 2.24. The van der Waals surface area contributed by atoms with Crippen molar-refractivity contribution in [1.82, 2.24) is 14.1 Å². The Morgan fingerprint density at radius 2 is 1.83 bits per heavy atom. The van der Waals surface area contributed by atoms with Gasteiger partial charge in [0, 0.05) is 5.41 Å². The molecule has 0 atom stereocenters. The summed E-state index contributed by atoms with van der Waals surface area (Å²) in [6.07, 6.45) is 0. The molecular formula is C25H24FN3O3S3. The Morgan fingerprint density at radius 1 is 1.14 bits per heavy atom. The van der Waals surface area contributed by atoms with Crippen LogP contribution in [-0.4, -0.2) is 32.3 Å². The molecule has 0 saturated carbocycles. The molecule has 2 aromatic heterocycles. The Balaban J connectivity index is 1.97. The average molecular weight is 530 g/mol. The van der Waals surface area contributed by atoms with Crippen molar-refractivity contribution in [3.63, 3.8) is 0 Å². The topological polar surface area (TPSA) is 66.1 Å². The van der Waals surface area contributed by atoms with Crippen LogP contribution < -0.4 is 10.3 Å². The summed E-state index contributed by atoms with van der Waals surface area (Å²) >= 11 is 7.97. The van der Waals surface area contributed by atoms with E-state index in [2.05, 4.69) is 0 Å². The van der Waals surface area contributed by atoms with Crippen LogP contribution in [0, 0.1) is 15.2 Å². The summed E-state index contributed by atoms with van der Waals surface area (Å²) in [7, 11) is 0. The van der Waals surface area contributed by atoms with E-state index in [9.17, 15) is 14.0 Å². The van der Waals surface area contributed by atoms with Crippen LogP contribution >= 0.6 is 35.3 Å². The monoisotopic (exact) mass is 529 g/mol. The third kappa shape index (κ3) is 5.10. The minimum atomic E-state index is -0.537. The predicted octanol–water partition coefficient (Wildman–Crippen LogP) is 6.21. The van der Waals surface area contributed by atoms with Gasteiger partial charge in [-0.15, -0.1) is 0 Å². The summed E-state index contributed by atoms with van der Waals surface area (Å²) < 4.78 is 23.3. The Morgan fingerprint density at radius 3 is 2.49 bits per heavy atom. The SMILES string of the molecule is CCOc1ccccc1-n1c(=S)sc2c(=O)n(-c3ccc(F)cc3)c(SCC(=O)C(C)(C)C)nc21. The number of fused-ring (bicyclic) bond motifs is 1. The molecule has 10 heteroatoms. The Hall–Kier alpha value is -2.82. The van der Waals surface area contributed by atoms with Crippen LogP contribution in [0.2, 0.25) is 0 Å². The number of ether oxygens (including phenoxy) is 1. The van der Waals surface area contributed by atoms with Crippen LogP contribution in [0.5, 0.6) is 5.75 Å². The summed E-state index contributed by atoms with van der Waals surface area (Å²) in [5.74, 6) is 0.351. The number of ketones is 1. The number of aromatic nitrogens is 3. The molecule has 182 valence electrons. The number of hydrogen-bond donors (Lipinski definition) is 0. The van der Waals surface area contributed by atoms with E-state index in [1.807, 2.05) is 52.0 Å². The van der Waals surface area contributed by atoms with E-state index in [4.69, 9.17) is 21.9 Å².